The molecule has 0 amide bonds. The fourth-order valence-electron chi connectivity index (χ4n) is 4.19. The van der Waals surface area contributed by atoms with Crippen molar-refractivity contribution >= 4 is 17.2 Å². The average molecular weight is 434 g/mol. The molecule has 1 aromatic heterocycles. The second kappa shape index (κ2) is 8.24. The van der Waals surface area contributed by atoms with Crippen LogP contribution in [0.5, 0.6) is 0 Å². The Hall–Kier alpha value is -4.45. The molecule has 0 saturated heterocycles. The van der Waals surface area contributed by atoms with Gasteiger partial charge in [0.15, 0.2) is 0 Å². The molecule has 33 heavy (non-hydrogen) atoms. The minimum Gasteiger partial charge on any atom is -0.351 e. The van der Waals surface area contributed by atoms with Gasteiger partial charge >= 0.3 is 0 Å². The summed E-state index contributed by atoms with van der Waals surface area (Å²) in [6.07, 6.45) is 1.64. The van der Waals surface area contributed by atoms with Crippen LogP contribution in [0.4, 0.5) is 17.2 Å². The van der Waals surface area contributed by atoms with Gasteiger partial charge in [0.2, 0.25) is 10.9 Å². The summed E-state index contributed by atoms with van der Waals surface area (Å²) in [5.41, 5.74) is 2.24. The largest absolute Gasteiger partial charge is 0.351 e. The van der Waals surface area contributed by atoms with Gasteiger partial charge in [-0.3, -0.25) is 14.3 Å². The van der Waals surface area contributed by atoms with E-state index in [2.05, 4.69) is 52.1 Å². The smallest absolute Gasteiger partial charge is 0.249 e. The van der Waals surface area contributed by atoms with Gasteiger partial charge in [-0.05, 0) is 16.7 Å². The van der Waals surface area contributed by atoms with Gasteiger partial charge in [-0.25, -0.2) is 0 Å². The van der Waals surface area contributed by atoms with Crippen LogP contribution >= 0.6 is 0 Å². The molecule has 6 heteroatoms. The Labute approximate surface area is 190 Å². The van der Waals surface area contributed by atoms with E-state index < -0.39 is 16.4 Å². The van der Waals surface area contributed by atoms with Crippen LogP contribution in [0.1, 0.15) is 16.7 Å². The third kappa shape index (κ3) is 3.51. The van der Waals surface area contributed by atoms with E-state index in [0.29, 0.717) is 11.5 Å². The summed E-state index contributed by atoms with van der Waals surface area (Å²) in [6, 6.07) is 31.9. The number of aromatic nitrogens is 2. The summed E-state index contributed by atoms with van der Waals surface area (Å²) in [5, 5.41) is 11.2. The van der Waals surface area contributed by atoms with Crippen molar-refractivity contribution in [3.8, 4) is 0 Å². The Morgan fingerprint density at radius 1 is 0.727 bits per heavy atom. The molecule has 0 aliphatic carbocycles. The highest BCUT2D eigenvalue weighted by Crippen LogP contribution is 2.41. The van der Waals surface area contributed by atoms with E-state index in [-0.39, 0.29) is 5.69 Å². The van der Waals surface area contributed by atoms with Crippen molar-refractivity contribution in [3.63, 3.8) is 0 Å². The molecule has 0 atom stereocenters. The minimum absolute atomic E-state index is 0.265. The Morgan fingerprint density at radius 3 is 1.64 bits per heavy atom. The van der Waals surface area contributed by atoms with E-state index >= 15 is 0 Å². The lowest BCUT2D eigenvalue weighted by Gasteiger charge is -2.38. The van der Waals surface area contributed by atoms with Crippen LogP contribution in [0.15, 0.2) is 113 Å². The van der Waals surface area contributed by atoms with E-state index in [0.717, 1.165) is 16.7 Å². The molecule has 0 saturated carbocycles. The molecule has 4 aromatic carbocycles. The molecule has 0 spiro atoms. The highest BCUT2D eigenvalue weighted by Gasteiger charge is 2.37. The summed E-state index contributed by atoms with van der Waals surface area (Å²) in [6.45, 7) is 0. The average Bonchev–Trinajstić information content (AvgIpc) is 3.22. The molecule has 0 aliphatic heterocycles. The van der Waals surface area contributed by atoms with Crippen LogP contribution in [0, 0.1) is 0 Å². The number of rotatable bonds is 7. The molecule has 0 unspecified atom stereocenters. The Kier molecular flexibility index (Phi) is 5.11. The third-order valence-electron chi connectivity index (χ3n) is 5.88. The van der Waals surface area contributed by atoms with Gasteiger partial charge < -0.3 is 10.6 Å². The second-order valence-electron chi connectivity index (χ2n) is 7.88. The van der Waals surface area contributed by atoms with Gasteiger partial charge in [-0.15, -0.1) is 0 Å². The SMILES string of the molecule is Cn1ncc(Nc2cc(=O)c2=O)c1NC(c1ccccc1)(c1ccccc1)c1ccccc1. The number of nitrogens with one attached hydrogen (secondary N) is 2. The molecular formula is C27H22N4O2. The quantitative estimate of drug-likeness (QED) is 0.297. The van der Waals surface area contributed by atoms with E-state index in [1.807, 2.05) is 61.6 Å². The van der Waals surface area contributed by atoms with Crippen LogP contribution in [-0.4, -0.2) is 9.78 Å². The summed E-state index contributed by atoms with van der Waals surface area (Å²) >= 11 is 0. The van der Waals surface area contributed by atoms with Crippen LogP contribution in [0.25, 0.3) is 0 Å². The summed E-state index contributed by atoms with van der Waals surface area (Å²) in [4.78, 5) is 23.3. The number of nitrogens with zero attached hydrogens (tertiary/aromatic N) is 2. The fourth-order valence-corrected chi connectivity index (χ4v) is 4.19. The Morgan fingerprint density at radius 2 is 1.21 bits per heavy atom. The zero-order valence-corrected chi connectivity index (χ0v) is 18.0. The lowest BCUT2D eigenvalue weighted by Crippen LogP contribution is -2.39. The molecular weight excluding hydrogens is 412 g/mol. The minimum atomic E-state index is -0.748. The van der Waals surface area contributed by atoms with E-state index in [1.54, 1.807) is 10.9 Å². The molecule has 1 heterocycles. The lowest BCUT2D eigenvalue weighted by molar-refractivity contribution is 0.679. The first-order valence-corrected chi connectivity index (χ1v) is 10.6. The second-order valence-corrected chi connectivity index (χ2v) is 7.88. The number of benzene rings is 3. The van der Waals surface area contributed by atoms with Crippen molar-refractivity contribution in [3.05, 3.63) is 140 Å². The van der Waals surface area contributed by atoms with Gasteiger partial charge in [-0.2, -0.15) is 5.10 Å². The maximum Gasteiger partial charge on any atom is 0.249 e. The Bertz CT molecular complexity index is 1350. The first kappa shape index (κ1) is 20.5. The molecule has 0 radical (unpaired) electrons. The van der Waals surface area contributed by atoms with Crippen LogP contribution in [-0.2, 0) is 12.6 Å². The van der Waals surface area contributed by atoms with Crippen LogP contribution in [0.3, 0.4) is 0 Å². The standard InChI is InChI=1S/C27H22N4O2/c1-31-26(23(18-28-31)29-22-17-24(32)25(22)33)30-27(19-11-5-2-6-12-19,20-13-7-3-8-14-20)21-15-9-4-10-16-21/h2-18,29-30H,1H3. The molecule has 0 fully saturated rings. The molecule has 0 aliphatic rings. The number of hydrogen-bond acceptors (Lipinski definition) is 5. The normalized spacial score (nSPS) is 11.4. The highest BCUT2D eigenvalue weighted by molar-refractivity contribution is 5.74. The first-order chi connectivity index (χ1) is 16.1. The monoisotopic (exact) mass is 434 g/mol. The molecule has 0 bridgehead atoms. The van der Waals surface area contributed by atoms with Gasteiger partial charge in [-0.1, -0.05) is 91.0 Å². The Balaban J connectivity index is 1.72. The van der Waals surface area contributed by atoms with Crippen LogP contribution < -0.4 is 21.5 Å². The maximum absolute atomic E-state index is 11.9. The highest BCUT2D eigenvalue weighted by atomic mass is 16.2. The number of hydrogen-bond donors (Lipinski definition) is 2. The predicted octanol–water partition coefficient (Wildman–Crippen LogP) is 4.16. The zero-order valence-electron chi connectivity index (χ0n) is 18.0. The molecule has 5 aromatic rings. The zero-order chi connectivity index (χ0) is 22.8. The van der Waals surface area contributed by atoms with Gasteiger partial charge in [0, 0.05) is 13.1 Å². The van der Waals surface area contributed by atoms with Crippen LogP contribution in [0.2, 0.25) is 0 Å². The van der Waals surface area contributed by atoms with E-state index in [9.17, 15) is 9.59 Å². The van der Waals surface area contributed by atoms with Gasteiger partial charge in [0.05, 0.1) is 11.9 Å². The van der Waals surface area contributed by atoms with E-state index in [1.165, 1.54) is 6.07 Å². The van der Waals surface area contributed by atoms with E-state index in [4.69, 9.17) is 0 Å². The molecule has 5 rings (SSSR count). The van der Waals surface area contributed by atoms with Crippen molar-refractivity contribution in [2.24, 2.45) is 7.05 Å². The number of anilines is 3. The summed E-state index contributed by atoms with van der Waals surface area (Å²) < 4.78 is 1.72. The molecule has 6 nitrogen and oxygen atoms in total. The van der Waals surface area contributed by atoms with Crippen molar-refractivity contribution in [1.82, 2.24) is 9.78 Å². The molecule has 2 N–H and O–H groups in total. The van der Waals surface area contributed by atoms with Crippen molar-refractivity contribution in [2.75, 3.05) is 10.6 Å². The fraction of sp³-hybridized carbons (Fsp3) is 0.0741. The summed E-state index contributed by atoms with van der Waals surface area (Å²) in [7, 11) is 1.83. The van der Waals surface area contributed by atoms with Gasteiger partial charge in [0.25, 0.3) is 0 Å². The third-order valence-corrected chi connectivity index (χ3v) is 5.88. The van der Waals surface area contributed by atoms with Gasteiger partial charge in [0.1, 0.15) is 17.0 Å². The maximum atomic E-state index is 11.9. The predicted molar refractivity (Wildman–Crippen MR) is 131 cm³/mol. The lowest BCUT2D eigenvalue weighted by atomic mass is 9.77. The van der Waals surface area contributed by atoms with Crippen molar-refractivity contribution < 1.29 is 0 Å². The van der Waals surface area contributed by atoms with Crippen molar-refractivity contribution in [2.45, 2.75) is 5.54 Å². The van der Waals surface area contributed by atoms with Crippen molar-refractivity contribution in [1.29, 1.82) is 0 Å². The first-order valence-electron chi connectivity index (χ1n) is 10.6. The topological polar surface area (TPSA) is 76.0 Å². The molecule has 162 valence electrons. The number of aryl methyl sites for hydroxylation is 1. The summed E-state index contributed by atoms with van der Waals surface area (Å²) in [5.74, 6) is 0.680.